The summed E-state index contributed by atoms with van der Waals surface area (Å²) in [6.07, 6.45) is 5.34. The Labute approximate surface area is 197 Å². The Hall–Kier alpha value is -2.55. The van der Waals surface area contributed by atoms with Gasteiger partial charge in [-0.3, -0.25) is 29.1 Å². The molecule has 0 aromatic heterocycles. The molecule has 2 aliphatic heterocycles. The average Bonchev–Trinajstić information content (AvgIpc) is 2.74. The first-order chi connectivity index (χ1) is 16.0. The first-order valence-electron chi connectivity index (χ1n) is 10.9. The van der Waals surface area contributed by atoms with Crippen LogP contribution in [0.4, 0.5) is 0 Å². The van der Waals surface area contributed by atoms with Crippen LogP contribution in [0, 0.1) is 0 Å². The van der Waals surface area contributed by atoms with E-state index in [4.69, 9.17) is 0 Å². The number of hydrogen-bond acceptors (Lipinski definition) is 10. The second kappa shape index (κ2) is 12.2. The summed E-state index contributed by atoms with van der Waals surface area (Å²) < 4.78 is 0. The Bertz CT molecular complexity index is 805. The van der Waals surface area contributed by atoms with Gasteiger partial charge in [0.1, 0.15) is 18.1 Å². The summed E-state index contributed by atoms with van der Waals surface area (Å²) in [7, 11) is 0. The third-order valence-electron chi connectivity index (χ3n) is 6.16. The van der Waals surface area contributed by atoms with Gasteiger partial charge in [-0.1, -0.05) is 12.2 Å². The zero-order chi connectivity index (χ0) is 25.5. The molecule has 2 bridgehead atoms. The van der Waals surface area contributed by atoms with Gasteiger partial charge in [-0.05, 0) is 13.0 Å². The number of carboxylic acid groups (broad SMARTS) is 3. The van der Waals surface area contributed by atoms with Crippen LogP contribution in [-0.2, 0) is 14.4 Å². The number of rotatable bonds is 9. The van der Waals surface area contributed by atoms with E-state index in [0.717, 1.165) is 0 Å². The smallest absolute Gasteiger partial charge is 0.323 e. The van der Waals surface area contributed by atoms with E-state index < -0.39 is 61.4 Å². The van der Waals surface area contributed by atoms with E-state index in [0.29, 0.717) is 5.70 Å². The standard InChI is InChI=1S/C21H34N4O9/c1-21-4-2-3-14(22-21)9-24(16(11-27)19(31)32)7-5-23(15(10-26)18(29)30)6-8-25(13-21)17(12-28)20(33)34/h2-4,15-17,22,26-28H,5-13H2,1H3,(H,29,30)(H,31,32)(H,33,34). The molecule has 0 aliphatic carbocycles. The molecule has 2 rings (SSSR count). The minimum Gasteiger partial charge on any atom is -0.480 e. The van der Waals surface area contributed by atoms with Crippen LogP contribution in [0.15, 0.2) is 23.9 Å². The fourth-order valence-corrected chi connectivity index (χ4v) is 4.33. The summed E-state index contributed by atoms with van der Waals surface area (Å²) in [5.41, 5.74) is -0.145. The van der Waals surface area contributed by atoms with Crippen molar-refractivity contribution in [3.63, 3.8) is 0 Å². The Morgan fingerprint density at radius 1 is 0.853 bits per heavy atom. The highest BCUT2D eigenvalue weighted by atomic mass is 16.4. The van der Waals surface area contributed by atoms with E-state index in [1.165, 1.54) is 9.80 Å². The third-order valence-corrected chi connectivity index (χ3v) is 6.16. The highest BCUT2D eigenvalue weighted by molar-refractivity contribution is 5.74. The average molecular weight is 487 g/mol. The second-order valence-corrected chi connectivity index (χ2v) is 8.68. The Kier molecular flexibility index (Phi) is 9.97. The maximum atomic E-state index is 11.8. The number of fused-ring (bicyclic) bond motifs is 2. The number of hydrogen-bond donors (Lipinski definition) is 7. The van der Waals surface area contributed by atoms with Crippen LogP contribution in [0.3, 0.4) is 0 Å². The van der Waals surface area contributed by atoms with Crippen LogP contribution in [-0.4, -0.2) is 146 Å². The fourth-order valence-electron chi connectivity index (χ4n) is 4.33. The van der Waals surface area contributed by atoms with Gasteiger partial charge in [0.05, 0.1) is 25.4 Å². The van der Waals surface area contributed by atoms with Crippen LogP contribution in [0.1, 0.15) is 6.92 Å². The molecule has 0 amide bonds. The zero-order valence-corrected chi connectivity index (χ0v) is 19.1. The van der Waals surface area contributed by atoms with E-state index in [9.17, 15) is 45.0 Å². The lowest BCUT2D eigenvalue weighted by atomic mass is 9.96. The van der Waals surface area contributed by atoms with Crippen LogP contribution in [0.2, 0.25) is 0 Å². The molecule has 0 aromatic carbocycles. The summed E-state index contributed by atoms with van der Waals surface area (Å²) in [5, 5.41) is 61.2. The number of nitrogens with one attached hydrogen (secondary N) is 1. The van der Waals surface area contributed by atoms with Gasteiger partial charge in [-0.25, -0.2) is 0 Å². The molecule has 13 heteroatoms. The molecule has 0 aromatic rings. The number of carbonyl (C=O) groups is 3. The molecule has 1 fully saturated rings. The van der Waals surface area contributed by atoms with Crippen molar-refractivity contribution in [1.29, 1.82) is 0 Å². The highest BCUT2D eigenvalue weighted by Gasteiger charge is 2.36. The maximum Gasteiger partial charge on any atom is 0.323 e. The number of nitrogens with zero attached hydrogens (tertiary/aromatic N) is 3. The first kappa shape index (κ1) is 27.7. The summed E-state index contributed by atoms with van der Waals surface area (Å²) in [6.45, 7) is 0.260. The molecule has 4 atom stereocenters. The lowest BCUT2D eigenvalue weighted by Gasteiger charge is -2.42. The SMILES string of the molecule is CC12C=CC=C(CN(C(CO)C(=O)O)CCN(C(CO)C(=O)O)CCN(C(CO)C(=O)O)C1)N2. The van der Waals surface area contributed by atoms with E-state index >= 15 is 0 Å². The molecule has 1 saturated heterocycles. The topological polar surface area (TPSA) is 194 Å². The van der Waals surface area contributed by atoms with E-state index in [-0.39, 0.29) is 39.3 Å². The van der Waals surface area contributed by atoms with Crippen molar-refractivity contribution < 1.29 is 45.0 Å². The van der Waals surface area contributed by atoms with Gasteiger partial charge in [0.15, 0.2) is 0 Å². The van der Waals surface area contributed by atoms with Gasteiger partial charge in [0.2, 0.25) is 0 Å². The van der Waals surface area contributed by atoms with Crippen molar-refractivity contribution in [3.05, 3.63) is 23.9 Å². The Morgan fingerprint density at radius 2 is 1.29 bits per heavy atom. The molecule has 2 aliphatic rings. The van der Waals surface area contributed by atoms with Crippen LogP contribution in [0.5, 0.6) is 0 Å². The predicted octanol–water partition coefficient (Wildman–Crippen LogP) is -2.96. The molecule has 0 spiro atoms. The van der Waals surface area contributed by atoms with E-state index in [1.807, 2.05) is 13.0 Å². The molecule has 34 heavy (non-hydrogen) atoms. The number of aliphatic carboxylic acids is 3. The molecule has 13 nitrogen and oxygen atoms in total. The second-order valence-electron chi connectivity index (χ2n) is 8.68. The number of carboxylic acids is 3. The number of allylic oxidation sites excluding steroid dienone is 2. The molecule has 4 unspecified atom stereocenters. The van der Waals surface area contributed by atoms with E-state index in [1.54, 1.807) is 17.1 Å². The summed E-state index contributed by atoms with van der Waals surface area (Å²) in [5.74, 6) is -3.74. The fraction of sp³-hybridized carbons (Fsp3) is 0.667. The van der Waals surface area contributed by atoms with Gasteiger partial charge in [-0.2, -0.15) is 0 Å². The molecule has 7 N–H and O–H groups in total. The van der Waals surface area contributed by atoms with Crippen molar-refractivity contribution in [2.75, 3.05) is 59.1 Å². The Morgan fingerprint density at radius 3 is 1.79 bits per heavy atom. The third kappa shape index (κ3) is 6.98. The lowest BCUT2D eigenvalue weighted by Crippen LogP contribution is -2.60. The lowest BCUT2D eigenvalue weighted by molar-refractivity contribution is -0.148. The summed E-state index contributed by atoms with van der Waals surface area (Å²) in [4.78, 5) is 39.8. The van der Waals surface area contributed by atoms with Crippen LogP contribution in [0.25, 0.3) is 0 Å². The summed E-state index contributed by atoms with van der Waals surface area (Å²) in [6, 6.07) is -3.76. The van der Waals surface area contributed by atoms with Gasteiger partial charge >= 0.3 is 17.9 Å². The van der Waals surface area contributed by atoms with Gasteiger partial charge in [0.25, 0.3) is 0 Å². The normalized spacial score (nSPS) is 25.7. The van der Waals surface area contributed by atoms with E-state index in [2.05, 4.69) is 5.32 Å². The van der Waals surface area contributed by atoms with Crippen molar-refractivity contribution in [3.8, 4) is 0 Å². The molecule has 0 saturated carbocycles. The maximum absolute atomic E-state index is 11.8. The highest BCUT2D eigenvalue weighted by Crippen LogP contribution is 2.20. The van der Waals surface area contributed by atoms with Crippen molar-refractivity contribution in [1.82, 2.24) is 20.0 Å². The molecular formula is C21H34N4O9. The van der Waals surface area contributed by atoms with Crippen molar-refractivity contribution in [2.45, 2.75) is 30.6 Å². The van der Waals surface area contributed by atoms with Crippen LogP contribution >= 0.6 is 0 Å². The molecule has 192 valence electrons. The van der Waals surface area contributed by atoms with Crippen molar-refractivity contribution >= 4 is 17.9 Å². The number of aliphatic hydroxyl groups is 3. The van der Waals surface area contributed by atoms with Crippen molar-refractivity contribution in [2.24, 2.45) is 0 Å². The molecule has 0 radical (unpaired) electrons. The minimum atomic E-state index is -1.30. The first-order valence-corrected chi connectivity index (χ1v) is 10.9. The number of dihydropyridines is 1. The minimum absolute atomic E-state index is 0.0341. The molecular weight excluding hydrogens is 452 g/mol. The van der Waals surface area contributed by atoms with Gasteiger partial charge in [-0.15, -0.1) is 0 Å². The zero-order valence-electron chi connectivity index (χ0n) is 19.1. The predicted molar refractivity (Wildman–Crippen MR) is 119 cm³/mol. The quantitative estimate of drug-likeness (QED) is 0.175. The van der Waals surface area contributed by atoms with Gasteiger partial charge in [0, 0.05) is 45.0 Å². The molecule has 2 heterocycles. The monoisotopic (exact) mass is 486 g/mol. The van der Waals surface area contributed by atoms with Gasteiger partial charge < -0.3 is 36.0 Å². The Balaban J connectivity index is 2.46. The van der Waals surface area contributed by atoms with Crippen LogP contribution < -0.4 is 5.32 Å². The largest absolute Gasteiger partial charge is 0.480 e. The number of aliphatic hydroxyl groups excluding tert-OH is 3. The summed E-state index contributed by atoms with van der Waals surface area (Å²) >= 11 is 0.